The van der Waals surface area contributed by atoms with Gasteiger partial charge in [-0.1, -0.05) is 49.4 Å². The SMILES string of the molecule is CCC(O)c1cccc(OCc2ccccc2)c1. The zero-order chi connectivity index (χ0) is 12.8. The van der Waals surface area contributed by atoms with E-state index in [1.165, 1.54) is 0 Å². The normalized spacial score (nSPS) is 12.1. The third-order valence-corrected chi connectivity index (χ3v) is 2.88. The van der Waals surface area contributed by atoms with Crippen LogP contribution in [0.15, 0.2) is 54.6 Å². The first kappa shape index (κ1) is 12.7. The maximum absolute atomic E-state index is 9.78. The van der Waals surface area contributed by atoms with Gasteiger partial charge in [0.1, 0.15) is 12.4 Å². The van der Waals surface area contributed by atoms with E-state index in [-0.39, 0.29) is 0 Å². The van der Waals surface area contributed by atoms with Crippen LogP contribution < -0.4 is 4.74 Å². The van der Waals surface area contributed by atoms with Crippen molar-refractivity contribution in [2.75, 3.05) is 0 Å². The number of hydrogen-bond donors (Lipinski definition) is 1. The lowest BCUT2D eigenvalue weighted by molar-refractivity contribution is 0.173. The number of rotatable bonds is 5. The molecule has 2 nitrogen and oxygen atoms in total. The Morgan fingerprint density at radius 1 is 1.06 bits per heavy atom. The van der Waals surface area contributed by atoms with E-state index in [0.29, 0.717) is 13.0 Å². The molecule has 2 aromatic carbocycles. The maximum atomic E-state index is 9.78. The summed E-state index contributed by atoms with van der Waals surface area (Å²) in [6, 6.07) is 17.7. The summed E-state index contributed by atoms with van der Waals surface area (Å²) in [6.07, 6.45) is 0.299. The minimum absolute atomic E-state index is 0.412. The summed E-state index contributed by atoms with van der Waals surface area (Å²) in [5.41, 5.74) is 2.04. The molecule has 0 heterocycles. The zero-order valence-electron chi connectivity index (χ0n) is 10.5. The van der Waals surface area contributed by atoms with Crippen LogP contribution in [-0.2, 0) is 6.61 Å². The Morgan fingerprint density at radius 3 is 2.56 bits per heavy atom. The second-order valence-electron chi connectivity index (χ2n) is 4.27. The highest BCUT2D eigenvalue weighted by molar-refractivity contribution is 5.30. The molecule has 1 atom stereocenters. The Kier molecular flexibility index (Phi) is 4.37. The van der Waals surface area contributed by atoms with E-state index in [9.17, 15) is 5.11 Å². The number of ether oxygens (including phenoxy) is 1. The van der Waals surface area contributed by atoms with Crippen LogP contribution in [-0.4, -0.2) is 5.11 Å². The summed E-state index contributed by atoms with van der Waals surface area (Å²) < 4.78 is 5.72. The van der Waals surface area contributed by atoms with Crippen molar-refractivity contribution in [2.24, 2.45) is 0 Å². The van der Waals surface area contributed by atoms with Crippen molar-refractivity contribution in [2.45, 2.75) is 26.1 Å². The molecule has 2 heteroatoms. The Hall–Kier alpha value is -1.80. The van der Waals surface area contributed by atoms with Gasteiger partial charge in [-0.3, -0.25) is 0 Å². The lowest BCUT2D eigenvalue weighted by Gasteiger charge is -2.11. The Balaban J connectivity index is 2.01. The molecule has 1 unspecified atom stereocenters. The maximum Gasteiger partial charge on any atom is 0.120 e. The van der Waals surface area contributed by atoms with Crippen LogP contribution in [0.25, 0.3) is 0 Å². The molecule has 2 rings (SSSR count). The van der Waals surface area contributed by atoms with Crippen molar-refractivity contribution in [3.8, 4) is 5.75 Å². The largest absolute Gasteiger partial charge is 0.489 e. The molecule has 0 saturated heterocycles. The van der Waals surface area contributed by atoms with Crippen LogP contribution in [0.4, 0.5) is 0 Å². The molecule has 0 aliphatic heterocycles. The van der Waals surface area contributed by atoms with Crippen molar-refractivity contribution in [1.82, 2.24) is 0 Å². The van der Waals surface area contributed by atoms with Crippen molar-refractivity contribution in [1.29, 1.82) is 0 Å². The van der Waals surface area contributed by atoms with Crippen LogP contribution in [0, 0.1) is 0 Å². The summed E-state index contributed by atoms with van der Waals surface area (Å²) in [6.45, 7) is 2.51. The molecule has 0 aliphatic rings. The lowest BCUT2D eigenvalue weighted by atomic mass is 10.1. The molecule has 0 aromatic heterocycles. The van der Waals surface area contributed by atoms with Crippen LogP contribution >= 0.6 is 0 Å². The third kappa shape index (κ3) is 3.34. The van der Waals surface area contributed by atoms with Gasteiger partial charge in [0.15, 0.2) is 0 Å². The van der Waals surface area contributed by atoms with Crippen LogP contribution in [0.2, 0.25) is 0 Å². The lowest BCUT2D eigenvalue weighted by Crippen LogP contribution is -1.98. The predicted octanol–water partition coefficient (Wildman–Crippen LogP) is 3.71. The van der Waals surface area contributed by atoms with E-state index in [1.54, 1.807) is 0 Å². The monoisotopic (exact) mass is 242 g/mol. The van der Waals surface area contributed by atoms with E-state index in [0.717, 1.165) is 16.9 Å². The fourth-order valence-corrected chi connectivity index (χ4v) is 1.79. The van der Waals surface area contributed by atoms with Gasteiger partial charge in [0.05, 0.1) is 6.10 Å². The van der Waals surface area contributed by atoms with Gasteiger partial charge in [-0.05, 0) is 29.7 Å². The molecule has 2 aromatic rings. The molecular weight excluding hydrogens is 224 g/mol. The van der Waals surface area contributed by atoms with Crippen molar-refractivity contribution >= 4 is 0 Å². The fraction of sp³-hybridized carbons (Fsp3) is 0.250. The molecule has 0 aliphatic carbocycles. The predicted molar refractivity (Wildman–Crippen MR) is 72.5 cm³/mol. The topological polar surface area (TPSA) is 29.5 Å². The minimum atomic E-state index is -0.412. The van der Waals surface area contributed by atoms with Gasteiger partial charge in [0.25, 0.3) is 0 Å². The fourth-order valence-electron chi connectivity index (χ4n) is 1.79. The first-order chi connectivity index (χ1) is 8.79. The van der Waals surface area contributed by atoms with Gasteiger partial charge < -0.3 is 9.84 Å². The molecule has 94 valence electrons. The molecule has 0 saturated carbocycles. The van der Waals surface area contributed by atoms with Crippen LogP contribution in [0.1, 0.15) is 30.6 Å². The number of aliphatic hydroxyl groups is 1. The first-order valence-electron chi connectivity index (χ1n) is 6.24. The standard InChI is InChI=1S/C16H18O2/c1-2-16(17)14-9-6-10-15(11-14)18-12-13-7-4-3-5-8-13/h3-11,16-17H,2,12H2,1H3. The summed E-state index contributed by atoms with van der Waals surface area (Å²) in [4.78, 5) is 0. The zero-order valence-corrected chi connectivity index (χ0v) is 10.5. The van der Waals surface area contributed by atoms with Gasteiger partial charge in [0.2, 0.25) is 0 Å². The minimum Gasteiger partial charge on any atom is -0.489 e. The first-order valence-corrected chi connectivity index (χ1v) is 6.24. The van der Waals surface area contributed by atoms with Crippen LogP contribution in [0.3, 0.4) is 0 Å². The second kappa shape index (κ2) is 6.22. The molecule has 0 bridgehead atoms. The average molecular weight is 242 g/mol. The van der Waals surface area contributed by atoms with Gasteiger partial charge in [-0.2, -0.15) is 0 Å². The molecule has 1 N–H and O–H groups in total. The molecule has 0 spiro atoms. The number of benzene rings is 2. The van der Waals surface area contributed by atoms with Crippen molar-refractivity contribution < 1.29 is 9.84 Å². The van der Waals surface area contributed by atoms with Gasteiger partial charge in [-0.25, -0.2) is 0 Å². The smallest absolute Gasteiger partial charge is 0.120 e. The number of aliphatic hydroxyl groups excluding tert-OH is 1. The van der Waals surface area contributed by atoms with Crippen molar-refractivity contribution in [3.05, 3.63) is 65.7 Å². The molecule has 0 fully saturated rings. The molecular formula is C16H18O2. The summed E-state index contributed by atoms with van der Waals surface area (Å²) in [5, 5.41) is 9.78. The van der Waals surface area contributed by atoms with Crippen LogP contribution in [0.5, 0.6) is 5.75 Å². The highest BCUT2D eigenvalue weighted by Crippen LogP contribution is 2.21. The van der Waals surface area contributed by atoms with Gasteiger partial charge in [0, 0.05) is 0 Å². The summed E-state index contributed by atoms with van der Waals surface area (Å²) >= 11 is 0. The van der Waals surface area contributed by atoms with E-state index < -0.39 is 6.10 Å². The summed E-state index contributed by atoms with van der Waals surface area (Å²) in [5.74, 6) is 0.795. The quantitative estimate of drug-likeness (QED) is 0.866. The van der Waals surface area contributed by atoms with Crippen molar-refractivity contribution in [3.63, 3.8) is 0 Å². The van der Waals surface area contributed by atoms with E-state index >= 15 is 0 Å². The molecule has 18 heavy (non-hydrogen) atoms. The van der Waals surface area contributed by atoms with E-state index in [2.05, 4.69) is 0 Å². The Labute approximate surface area is 108 Å². The molecule has 0 amide bonds. The number of hydrogen-bond acceptors (Lipinski definition) is 2. The Bertz CT molecular complexity index is 479. The highest BCUT2D eigenvalue weighted by atomic mass is 16.5. The summed E-state index contributed by atoms with van der Waals surface area (Å²) in [7, 11) is 0. The van der Waals surface area contributed by atoms with E-state index in [1.807, 2.05) is 61.5 Å². The second-order valence-corrected chi connectivity index (χ2v) is 4.27. The Morgan fingerprint density at radius 2 is 1.83 bits per heavy atom. The van der Waals surface area contributed by atoms with Gasteiger partial charge in [-0.15, -0.1) is 0 Å². The highest BCUT2D eigenvalue weighted by Gasteiger charge is 2.05. The van der Waals surface area contributed by atoms with E-state index in [4.69, 9.17) is 4.74 Å². The third-order valence-electron chi connectivity index (χ3n) is 2.88. The average Bonchev–Trinajstić information content (AvgIpc) is 2.45. The van der Waals surface area contributed by atoms with Gasteiger partial charge >= 0.3 is 0 Å². The molecule has 0 radical (unpaired) electrons.